The zero-order valence-electron chi connectivity index (χ0n) is 13.4. The van der Waals surface area contributed by atoms with E-state index in [-0.39, 0.29) is 5.75 Å². The van der Waals surface area contributed by atoms with Gasteiger partial charge in [0, 0.05) is 0 Å². The van der Waals surface area contributed by atoms with Crippen LogP contribution in [-0.4, -0.2) is 5.11 Å². The van der Waals surface area contributed by atoms with Gasteiger partial charge in [-0.15, -0.1) is 0 Å². The fourth-order valence-corrected chi connectivity index (χ4v) is 2.59. The summed E-state index contributed by atoms with van der Waals surface area (Å²) in [4.78, 5) is 0. The van der Waals surface area contributed by atoms with Crippen molar-refractivity contribution in [3.05, 3.63) is 54.1 Å². The Morgan fingerprint density at radius 3 is 2.32 bits per heavy atom. The summed E-state index contributed by atoms with van der Waals surface area (Å²) in [6.07, 6.45) is 8.54. The Balaban J connectivity index is 1.94. The molecule has 0 fully saturated rings. The van der Waals surface area contributed by atoms with Crippen LogP contribution in [0, 0.1) is 0 Å². The number of hydrogen-bond acceptors (Lipinski definition) is 2. The lowest BCUT2D eigenvalue weighted by atomic mass is 10.0. The van der Waals surface area contributed by atoms with Crippen LogP contribution in [0.25, 0.3) is 0 Å². The van der Waals surface area contributed by atoms with Crippen LogP contribution < -0.4 is 4.74 Å². The molecule has 0 aromatic heterocycles. The van der Waals surface area contributed by atoms with Crippen molar-refractivity contribution >= 4 is 0 Å². The lowest BCUT2D eigenvalue weighted by Crippen LogP contribution is -1.93. The van der Waals surface area contributed by atoms with Crippen molar-refractivity contribution in [2.45, 2.75) is 51.9 Å². The first-order chi connectivity index (χ1) is 10.8. The third-order valence-corrected chi connectivity index (χ3v) is 3.84. The van der Waals surface area contributed by atoms with Crippen LogP contribution in [0.15, 0.2) is 48.5 Å². The van der Waals surface area contributed by atoms with Crippen molar-refractivity contribution in [1.82, 2.24) is 0 Å². The average molecular weight is 298 g/mol. The number of phenolic OH excluding ortho intramolecular Hbond substituents is 1. The van der Waals surface area contributed by atoms with Gasteiger partial charge in [-0.25, -0.2) is 0 Å². The zero-order chi connectivity index (χ0) is 15.6. The van der Waals surface area contributed by atoms with Gasteiger partial charge < -0.3 is 9.84 Å². The highest BCUT2D eigenvalue weighted by atomic mass is 16.5. The van der Waals surface area contributed by atoms with Crippen LogP contribution in [-0.2, 0) is 6.42 Å². The first-order valence-electron chi connectivity index (χ1n) is 8.35. The molecular weight excluding hydrogens is 272 g/mol. The Kier molecular flexibility index (Phi) is 6.82. The molecule has 0 saturated carbocycles. The van der Waals surface area contributed by atoms with E-state index in [1.165, 1.54) is 32.1 Å². The van der Waals surface area contributed by atoms with E-state index in [1.807, 2.05) is 42.5 Å². The quantitative estimate of drug-likeness (QED) is 0.568. The van der Waals surface area contributed by atoms with Crippen LogP contribution in [0.4, 0.5) is 0 Å². The third kappa shape index (κ3) is 5.10. The van der Waals surface area contributed by atoms with E-state index < -0.39 is 0 Å². The molecule has 118 valence electrons. The molecule has 0 unspecified atom stereocenters. The van der Waals surface area contributed by atoms with Gasteiger partial charge >= 0.3 is 0 Å². The van der Waals surface area contributed by atoms with E-state index in [1.54, 1.807) is 6.07 Å². The molecule has 2 rings (SSSR count). The molecule has 0 atom stereocenters. The lowest BCUT2D eigenvalue weighted by molar-refractivity contribution is 0.406. The number of aryl methyl sites for hydroxylation is 1. The predicted octanol–water partition coefficient (Wildman–Crippen LogP) is 6.09. The second-order valence-electron chi connectivity index (χ2n) is 5.70. The number of para-hydroxylation sites is 2. The summed E-state index contributed by atoms with van der Waals surface area (Å²) in [5.74, 6) is 1.57. The molecule has 1 N–H and O–H groups in total. The van der Waals surface area contributed by atoms with Gasteiger partial charge in [0.15, 0.2) is 11.5 Å². The Labute approximate surface area is 133 Å². The molecule has 0 aliphatic rings. The normalized spacial score (nSPS) is 10.6. The van der Waals surface area contributed by atoms with Crippen LogP contribution >= 0.6 is 0 Å². The third-order valence-electron chi connectivity index (χ3n) is 3.84. The molecule has 0 aliphatic carbocycles. The van der Waals surface area contributed by atoms with E-state index in [9.17, 15) is 5.11 Å². The van der Waals surface area contributed by atoms with Crippen LogP contribution in [0.2, 0.25) is 0 Å². The molecule has 2 aromatic carbocycles. The van der Waals surface area contributed by atoms with Gasteiger partial charge in [-0.3, -0.25) is 0 Å². The molecule has 2 nitrogen and oxygen atoms in total. The molecular formula is C20H26O2. The van der Waals surface area contributed by atoms with Crippen LogP contribution in [0.5, 0.6) is 17.2 Å². The Hall–Kier alpha value is -1.96. The van der Waals surface area contributed by atoms with Crippen molar-refractivity contribution in [2.75, 3.05) is 0 Å². The van der Waals surface area contributed by atoms with Gasteiger partial charge in [-0.05, 0) is 36.6 Å². The first kappa shape index (κ1) is 16.4. The van der Waals surface area contributed by atoms with Crippen LogP contribution in [0.3, 0.4) is 0 Å². The topological polar surface area (TPSA) is 29.5 Å². The van der Waals surface area contributed by atoms with E-state index in [2.05, 4.69) is 6.92 Å². The molecule has 0 radical (unpaired) electrons. The monoisotopic (exact) mass is 298 g/mol. The molecule has 2 heteroatoms. The number of unbranched alkanes of at least 4 members (excludes halogenated alkanes) is 5. The Morgan fingerprint density at radius 2 is 1.55 bits per heavy atom. The van der Waals surface area contributed by atoms with Crippen molar-refractivity contribution in [3.8, 4) is 17.2 Å². The standard InChI is InChI=1S/C20H26O2/c1-2-3-4-5-6-8-12-17-13-11-16-19(21)20(17)22-18-14-9-7-10-15-18/h7,9-11,13-16,21H,2-6,8,12H2,1H3. The molecule has 0 heterocycles. The minimum absolute atomic E-state index is 0.215. The van der Waals surface area contributed by atoms with Crippen molar-refractivity contribution in [2.24, 2.45) is 0 Å². The highest BCUT2D eigenvalue weighted by molar-refractivity contribution is 5.48. The molecule has 22 heavy (non-hydrogen) atoms. The van der Waals surface area contributed by atoms with E-state index >= 15 is 0 Å². The Morgan fingerprint density at radius 1 is 0.818 bits per heavy atom. The highest BCUT2D eigenvalue weighted by Crippen LogP contribution is 2.35. The summed E-state index contributed by atoms with van der Waals surface area (Å²) in [7, 11) is 0. The summed E-state index contributed by atoms with van der Waals surface area (Å²) in [5.41, 5.74) is 1.08. The molecule has 2 aromatic rings. The van der Waals surface area contributed by atoms with E-state index in [0.29, 0.717) is 5.75 Å². The Bertz CT molecular complexity index is 549. The maximum atomic E-state index is 10.1. The predicted molar refractivity (Wildman–Crippen MR) is 91.7 cm³/mol. The minimum atomic E-state index is 0.215. The summed E-state index contributed by atoms with van der Waals surface area (Å²) < 4.78 is 5.89. The molecule has 0 aliphatic heterocycles. The maximum absolute atomic E-state index is 10.1. The van der Waals surface area contributed by atoms with Crippen molar-refractivity contribution in [3.63, 3.8) is 0 Å². The first-order valence-corrected chi connectivity index (χ1v) is 8.35. The van der Waals surface area contributed by atoms with Gasteiger partial charge in [-0.2, -0.15) is 0 Å². The smallest absolute Gasteiger partial charge is 0.172 e. The van der Waals surface area contributed by atoms with Gasteiger partial charge in [0.25, 0.3) is 0 Å². The van der Waals surface area contributed by atoms with Gasteiger partial charge in [0.2, 0.25) is 0 Å². The number of benzene rings is 2. The summed E-state index contributed by atoms with van der Waals surface area (Å²) in [6.45, 7) is 2.24. The number of ether oxygens (including phenoxy) is 1. The maximum Gasteiger partial charge on any atom is 0.172 e. The largest absolute Gasteiger partial charge is 0.504 e. The number of hydrogen-bond donors (Lipinski definition) is 1. The number of aromatic hydroxyl groups is 1. The fourth-order valence-electron chi connectivity index (χ4n) is 2.59. The van der Waals surface area contributed by atoms with E-state index in [0.717, 1.165) is 24.2 Å². The second kappa shape index (κ2) is 9.14. The van der Waals surface area contributed by atoms with Crippen molar-refractivity contribution < 1.29 is 9.84 Å². The van der Waals surface area contributed by atoms with Crippen LogP contribution in [0.1, 0.15) is 51.0 Å². The molecule has 0 spiro atoms. The van der Waals surface area contributed by atoms with Gasteiger partial charge in [0.05, 0.1) is 0 Å². The molecule has 0 amide bonds. The minimum Gasteiger partial charge on any atom is -0.504 e. The number of rotatable bonds is 9. The number of phenols is 1. The SMILES string of the molecule is CCCCCCCCc1cccc(O)c1Oc1ccccc1. The summed E-state index contributed by atoms with van der Waals surface area (Å²) in [6, 6.07) is 15.2. The van der Waals surface area contributed by atoms with E-state index in [4.69, 9.17) is 4.74 Å². The molecule has 0 saturated heterocycles. The average Bonchev–Trinajstić information content (AvgIpc) is 2.54. The summed E-state index contributed by atoms with van der Waals surface area (Å²) in [5, 5.41) is 10.1. The zero-order valence-corrected chi connectivity index (χ0v) is 13.4. The van der Waals surface area contributed by atoms with Gasteiger partial charge in [0.1, 0.15) is 5.75 Å². The van der Waals surface area contributed by atoms with Gasteiger partial charge in [-0.1, -0.05) is 69.4 Å². The van der Waals surface area contributed by atoms with Crippen molar-refractivity contribution in [1.29, 1.82) is 0 Å². The molecule has 0 bridgehead atoms. The summed E-state index contributed by atoms with van der Waals surface area (Å²) >= 11 is 0. The highest BCUT2D eigenvalue weighted by Gasteiger charge is 2.10. The second-order valence-corrected chi connectivity index (χ2v) is 5.70. The lowest BCUT2D eigenvalue weighted by Gasteiger charge is -2.12. The fraction of sp³-hybridized carbons (Fsp3) is 0.400.